The first-order valence-corrected chi connectivity index (χ1v) is 6.49. The first-order chi connectivity index (χ1) is 10.2. The fourth-order valence-electron chi connectivity index (χ4n) is 2.51. The maximum Gasteiger partial charge on any atom is 0.295 e. The van der Waals surface area contributed by atoms with Gasteiger partial charge in [0, 0.05) is 16.3 Å². The van der Waals surface area contributed by atoms with Crippen molar-refractivity contribution >= 4 is 21.8 Å². The largest absolute Gasteiger partial charge is 0.350 e. The number of aromatic nitrogens is 3. The third-order valence-electron chi connectivity index (χ3n) is 3.53. The molecule has 21 heavy (non-hydrogen) atoms. The highest BCUT2D eigenvalue weighted by molar-refractivity contribution is 6.06. The van der Waals surface area contributed by atoms with E-state index in [1.54, 1.807) is 6.20 Å². The third-order valence-corrected chi connectivity index (χ3v) is 3.53. The summed E-state index contributed by atoms with van der Waals surface area (Å²) in [6.07, 6.45) is 1.65. The lowest BCUT2D eigenvalue weighted by Crippen LogP contribution is -2.20. The average molecular weight is 279 g/mol. The Bertz CT molecular complexity index is 1020. The lowest BCUT2D eigenvalue weighted by atomic mass is 10.2. The zero-order valence-electron chi connectivity index (χ0n) is 10.9. The smallest absolute Gasteiger partial charge is 0.295 e. The highest BCUT2D eigenvalue weighted by atomic mass is 19.1. The van der Waals surface area contributed by atoms with Crippen LogP contribution in [-0.4, -0.2) is 14.8 Å². The molecular weight excluding hydrogens is 269 g/mol. The van der Waals surface area contributed by atoms with Crippen molar-refractivity contribution in [2.75, 3.05) is 0 Å². The molecule has 4 nitrogen and oxygen atoms in total. The number of fused-ring (bicyclic) bond motifs is 3. The second-order valence-electron chi connectivity index (χ2n) is 4.80. The Balaban J connectivity index is 2.04. The van der Waals surface area contributed by atoms with Gasteiger partial charge >= 0.3 is 0 Å². The number of hydrogen-bond acceptors (Lipinski definition) is 2. The zero-order valence-corrected chi connectivity index (χ0v) is 10.9. The highest BCUT2D eigenvalue weighted by Gasteiger charge is 2.11. The Labute approximate surface area is 118 Å². The molecule has 102 valence electrons. The van der Waals surface area contributed by atoms with E-state index in [9.17, 15) is 9.18 Å². The van der Waals surface area contributed by atoms with Crippen LogP contribution in [0.3, 0.4) is 0 Å². The topological polar surface area (TPSA) is 50.7 Å². The van der Waals surface area contributed by atoms with E-state index in [2.05, 4.69) is 10.1 Å². The van der Waals surface area contributed by atoms with Gasteiger partial charge in [0.1, 0.15) is 11.3 Å². The molecule has 0 bridgehead atoms. The number of rotatable bonds is 1. The van der Waals surface area contributed by atoms with Crippen LogP contribution in [0.5, 0.6) is 0 Å². The number of nitrogens with zero attached hydrogens (tertiary/aromatic N) is 2. The second-order valence-corrected chi connectivity index (χ2v) is 4.80. The normalized spacial score (nSPS) is 11.3. The number of nitrogens with one attached hydrogen (secondary N) is 1. The van der Waals surface area contributed by atoms with Crippen molar-refractivity contribution in [3.05, 3.63) is 70.9 Å². The van der Waals surface area contributed by atoms with Crippen LogP contribution < -0.4 is 5.56 Å². The Morgan fingerprint density at radius 2 is 1.76 bits per heavy atom. The van der Waals surface area contributed by atoms with Crippen LogP contribution in [0.25, 0.3) is 27.5 Å². The van der Waals surface area contributed by atoms with Gasteiger partial charge in [0.25, 0.3) is 5.56 Å². The molecule has 4 aromatic rings. The van der Waals surface area contributed by atoms with Crippen LogP contribution in [-0.2, 0) is 0 Å². The van der Waals surface area contributed by atoms with Gasteiger partial charge in [0.05, 0.1) is 11.9 Å². The second kappa shape index (κ2) is 4.28. The van der Waals surface area contributed by atoms with Crippen molar-refractivity contribution in [1.29, 1.82) is 0 Å². The Kier molecular flexibility index (Phi) is 2.41. The predicted molar refractivity (Wildman–Crippen MR) is 79.2 cm³/mol. The van der Waals surface area contributed by atoms with Gasteiger partial charge in [-0.25, -0.2) is 4.39 Å². The van der Waals surface area contributed by atoms with Crippen LogP contribution >= 0.6 is 0 Å². The molecule has 0 atom stereocenters. The summed E-state index contributed by atoms with van der Waals surface area (Å²) in [5.41, 5.74) is 1.66. The van der Waals surface area contributed by atoms with Crippen LogP contribution in [0.4, 0.5) is 4.39 Å². The molecule has 0 unspecified atom stereocenters. The molecule has 2 heterocycles. The third kappa shape index (κ3) is 1.74. The summed E-state index contributed by atoms with van der Waals surface area (Å²) in [4.78, 5) is 15.7. The molecule has 0 fully saturated rings. The molecule has 2 aromatic heterocycles. The van der Waals surface area contributed by atoms with E-state index >= 15 is 0 Å². The number of hydrogen-bond donors (Lipinski definition) is 1. The first-order valence-electron chi connectivity index (χ1n) is 6.49. The van der Waals surface area contributed by atoms with E-state index in [4.69, 9.17) is 0 Å². The Hall–Kier alpha value is -2.95. The van der Waals surface area contributed by atoms with E-state index in [0.717, 1.165) is 16.3 Å². The molecule has 5 heteroatoms. The fourth-order valence-corrected chi connectivity index (χ4v) is 2.51. The molecule has 0 radical (unpaired) electrons. The minimum Gasteiger partial charge on any atom is -0.350 e. The number of benzene rings is 2. The molecule has 0 amide bonds. The minimum atomic E-state index is -0.349. The molecule has 0 aliphatic carbocycles. The fraction of sp³-hybridized carbons (Fsp3) is 0. The summed E-state index contributed by atoms with van der Waals surface area (Å²) in [7, 11) is 0. The van der Waals surface area contributed by atoms with Gasteiger partial charge in [-0.1, -0.05) is 18.2 Å². The molecule has 0 aliphatic heterocycles. The van der Waals surface area contributed by atoms with Crippen molar-refractivity contribution < 1.29 is 4.39 Å². The van der Waals surface area contributed by atoms with Crippen LogP contribution in [0.2, 0.25) is 0 Å². The molecular formula is C16H10FN3O. The number of para-hydroxylation sites is 1. The van der Waals surface area contributed by atoms with Crippen molar-refractivity contribution in [1.82, 2.24) is 14.8 Å². The quantitative estimate of drug-likeness (QED) is 0.582. The van der Waals surface area contributed by atoms with Gasteiger partial charge in [-0.15, -0.1) is 0 Å². The number of H-pyrrole nitrogens is 1. The van der Waals surface area contributed by atoms with Crippen molar-refractivity contribution in [2.24, 2.45) is 0 Å². The summed E-state index contributed by atoms with van der Waals surface area (Å²) in [5, 5.41) is 5.94. The summed E-state index contributed by atoms with van der Waals surface area (Å²) in [6, 6.07) is 13.3. The van der Waals surface area contributed by atoms with E-state index in [1.807, 2.05) is 24.3 Å². The summed E-state index contributed by atoms with van der Waals surface area (Å²) in [5.74, 6) is -0.349. The monoisotopic (exact) mass is 279 g/mol. The van der Waals surface area contributed by atoms with Crippen molar-refractivity contribution in [3.8, 4) is 5.69 Å². The molecule has 0 saturated heterocycles. The van der Waals surface area contributed by atoms with Gasteiger partial charge in [0.2, 0.25) is 0 Å². The lowest BCUT2D eigenvalue weighted by Gasteiger charge is -2.03. The molecule has 0 spiro atoms. The van der Waals surface area contributed by atoms with E-state index in [-0.39, 0.29) is 11.4 Å². The molecule has 0 saturated carbocycles. The van der Waals surface area contributed by atoms with E-state index in [1.165, 1.54) is 28.9 Å². The van der Waals surface area contributed by atoms with Crippen LogP contribution in [0.1, 0.15) is 0 Å². The molecule has 1 N–H and O–H groups in total. The molecule has 2 aromatic carbocycles. The van der Waals surface area contributed by atoms with Gasteiger partial charge in [-0.2, -0.15) is 9.78 Å². The SMILES string of the molecule is O=c1c2[nH]c3ccccc3c2cnn1-c1ccc(F)cc1. The Morgan fingerprint density at radius 1 is 1.00 bits per heavy atom. The number of halogens is 1. The summed E-state index contributed by atoms with van der Waals surface area (Å²) < 4.78 is 14.2. The number of aromatic amines is 1. The van der Waals surface area contributed by atoms with Gasteiger partial charge < -0.3 is 4.98 Å². The maximum absolute atomic E-state index is 13.0. The van der Waals surface area contributed by atoms with Gasteiger partial charge in [0.15, 0.2) is 0 Å². The highest BCUT2D eigenvalue weighted by Crippen LogP contribution is 2.22. The van der Waals surface area contributed by atoms with Crippen molar-refractivity contribution in [3.63, 3.8) is 0 Å². The molecule has 4 rings (SSSR count). The predicted octanol–water partition coefficient (Wildman–Crippen LogP) is 3.01. The van der Waals surface area contributed by atoms with Crippen molar-refractivity contribution in [2.45, 2.75) is 0 Å². The van der Waals surface area contributed by atoms with Crippen LogP contribution in [0, 0.1) is 5.82 Å². The first kappa shape index (κ1) is 11.8. The lowest BCUT2D eigenvalue weighted by molar-refractivity contribution is 0.626. The standard InChI is InChI=1S/C16H10FN3O/c17-10-5-7-11(8-6-10)20-16(21)15-13(9-18-20)12-3-1-2-4-14(12)19-15/h1-9,19H. The maximum atomic E-state index is 13.0. The van der Waals surface area contributed by atoms with Gasteiger partial charge in [-0.3, -0.25) is 4.79 Å². The summed E-state index contributed by atoms with van der Waals surface area (Å²) >= 11 is 0. The summed E-state index contributed by atoms with van der Waals surface area (Å²) in [6.45, 7) is 0. The van der Waals surface area contributed by atoms with Crippen LogP contribution in [0.15, 0.2) is 59.5 Å². The Morgan fingerprint density at radius 3 is 2.57 bits per heavy atom. The van der Waals surface area contributed by atoms with Gasteiger partial charge in [-0.05, 0) is 30.3 Å². The minimum absolute atomic E-state index is 0.254. The molecule has 0 aliphatic rings. The average Bonchev–Trinajstić information content (AvgIpc) is 2.89. The van der Waals surface area contributed by atoms with E-state index < -0.39 is 0 Å². The zero-order chi connectivity index (χ0) is 14.4. The van der Waals surface area contributed by atoms with E-state index in [0.29, 0.717) is 11.2 Å².